The highest BCUT2D eigenvalue weighted by atomic mass is 32.1. The molecule has 2 fully saturated rings. The molecule has 2 aliphatic heterocycles. The molecule has 6 heteroatoms. The molecule has 1 aromatic heterocycles. The van der Waals surface area contributed by atoms with Crippen molar-refractivity contribution in [1.82, 2.24) is 14.3 Å². The van der Waals surface area contributed by atoms with E-state index in [1.54, 1.807) is 12.2 Å². The largest absolute Gasteiger partial charge is 0.347 e. The third-order valence-corrected chi connectivity index (χ3v) is 5.25. The molecule has 0 aliphatic carbocycles. The van der Waals surface area contributed by atoms with E-state index in [0.29, 0.717) is 17.8 Å². The fraction of sp³-hybridized carbons (Fsp3) is 0.471. The topological polar surface area (TPSA) is 49.3 Å². The van der Waals surface area contributed by atoms with Gasteiger partial charge in [-0.25, -0.2) is 0 Å². The Morgan fingerprint density at radius 2 is 2.04 bits per heavy atom. The van der Waals surface area contributed by atoms with Gasteiger partial charge in [0.1, 0.15) is 0 Å². The fourth-order valence-electron chi connectivity index (χ4n) is 3.25. The van der Waals surface area contributed by atoms with Gasteiger partial charge in [0.2, 0.25) is 11.0 Å². The van der Waals surface area contributed by atoms with Gasteiger partial charge in [-0.1, -0.05) is 31.4 Å². The van der Waals surface area contributed by atoms with Crippen molar-refractivity contribution in [3.63, 3.8) is 0 Å². The molecule has 1 aromatic rings. The first-order valence-corrected chi connectivity index (χ1v) is 8.84. The second-order valence-electron chi connectivity index (χ2n) is 5.87. The van der Waals surface area contributed by atoms with E-state index in [9.17, 15) is 4.79 Å². The minimum Gasteiger partial charge on any atom is -0.347 e. The molecule has 2 aliphatic rings. The lowest BCUT2D eigenvalue weighted by atomic mass is 10.0. The van der Waals surface area contributed by atoms with Crippen LogP contribution in [0.5, 0.6) is 0 Å². The number of carbonyl (C=O) groups excluding carboxylic acids is 1. The highest BCUT2D eigenvalue weighted by Gasteiger charge is 2.31. The molecule has 23 heavy (non-hydrogen) atoms. The van der Waals surface area contributed by atoms with Crippen LogP contribution in [0.4, 0.5) is 5.13 Å². The van der Waals surface area contributed by atoms with E-state index in [1.807, 2.05) is 6.08 Å². The number of amides is 1. The highest BCUT2D eigenvalue weighted by Crippen LogP contribution is 2.27. The van der Waals surface area contributed by atoms with Gasteiger partial charge in [0.05, 0.1) is 0 Å². The maximum absolute atomic E-state index is 11.9. The van der Waals surface area contributed by atoms with Crippen molar-refractivity contribution in [2.24, 2.45) is 0 Å². The number of allylic oxidation sites excluding steroid dienone is 4. The van der Waals surface area contributed by atoms with Crippen molar-refractivity contribution < 1.29 is 4.79 Å². The van der Waals surface area contributed by atoms with E-state index in [2.05, 4.69) is 32.3 Å². The number of hydrogen-bond acceptors (Lipinski definition) is 5. The summed E-state index contributed by atoms with van der Waals surface area (Å²) < 4.78 is 4.43. The third-order valence-electron chi connectivity index (χ3n) is 4.48. The van der Waals surface area contributed by atoms with E-state index < -0.39 is 0 Å². The third kappa shape index (κ3) is 3.37. The van der Waals surface area contributed by atoms with Gasteiger partial charge in [-0.2, -0.15) is 9.36 Å². The van der Waals surface area contributed by atoms with E-state index in [0.717, 1.165) is 56.0 Å². The van der Waals surface area contributed by atoms with E-state index >= 15 is 0 Å². The molecule has 3 rings (SSSR count). The van der Waals surface area contributed by atoms with Gasteiger partial charge in [-0.3, -0.25) is 4.79 Å². The molecule has 1 amide bonds. The Kier molecular flexibility index (Phi) is 4.91. The standard InChI is InChI=1S/C17H22N4OS/c1-3-6-13(4-2)16-18-17(23-19-16)20-11-8-14(9-12-20)21-10-5-7-15(21)22/h3-4,6,14H,1-2,5,7-12H2/b13-6+. The van der Waals surface area contributed by atoms with Gasteiger partial charge in [-0.15, -0.1) is 0 Å². The lowest BCUT2D eigenvalue weighted by Gasteiger charge is -2.36. The number of nitrogens with zero attached hydrogens (tertiary/aromatic N) is 4. The van der Waals surface area contributed by atoms with Crippen LogP contribution in [0.1, 0.15) is 31.5 Å². The van der Waals surface area contributed by atoms with Crippen molar-refractivity contribution in [3.05, 3.63) is 37.2 Å². The second-order valence-corrected chi connectivity index (χ2v) is 6.60. The Bertz CT molecular complexity index is 628. The molecule has 3 heterocycles. The van der Waals surface area contributed by atoms with Gasteiger partial charge >= 0.3 is 0 Å². The Balaban J connectivity index is 1.63. The van der Waals surface area contributed by atoms with E-state index in [4.69, 9.17) is 0 Å². The molecule has 0 atom stereocenters. The summed E-state index contributed by atoms with van der Waals surface area (Å²) in [7, 11) is 0. The number of rotatable bonds is 5. The summed E-state index contributed by atoms with van der Waals surface area (Å²) in [5.74, 6) is 1.03. The average Bonchev–Trinajstić information content (AvgIpc) is 3.22. The molecule has 0 saturated carbocycles. The van der Waals surface area contributed by atoms with Crippen LogP contribution in [0.25, 0.3) is 5.57 Å². The summed E-state index contributed by atoms with van der Waals surface area (Å²) in [5.41, 5.74) is 0.889. The van der Waals surface area contributed by atoms with Crippen LogP contribution >= 0.6 is 11.5 Å². The van der Waals surface area contributed by atoms with E-state index in [1.165, 1.54) is 11.5 Å². The van der Waals surface area contributed by atoms with Crippen LogP contribution < -0.4 is 4.90 Å². The highest BCUT2D eigenvalue weighted by molar-refractivity contribution is 7.09. The molecule has 0 N–H and O–H groups in total. The fourth-order valence-corrected chi connectivity index (χ4v) is 3.99. The van der Waals surface area contributed by atoms with Gasteiger partial charge in [0, 0.05) is 49.2 Å². The molecule has 0 radical (unpaired) electrons. The Morgan fingerprint density at radius 1 is 1.26 bits per heavy atom. The molecule has 0 aromatic carbocycles. The van der Waals surface area contributed by atoms with Crippen LogP contribution in [0.3, 0.4) is 0 Å². The molecule has 122 valence electrons. The van der Waals surface area contributed by atoms with Crippen molar-refractivity contribution in [2.75, 3.05) is 24.5 Å². The van der Waals surface area contributed by atoms with Crippen LogP contribution in [0, 0.1) is 0 Å². The predicted molar refractivity (Wildman–Crippen MR) is 94.5 cm³/mol. The van der Waals surface area contributed by atoms with Crippen molar-refractivity contribution in [3.8, 4) is 0 Å². The maximum atomic E-state index is 11.9. The SMILES string of the molecule is C=C/C=C(\C=C)c1nsc(N2CCC(N3CCCC3=O)CC2)n1. The first-order valence-electron chi connectivity index (χ1n) is 8.06. The van der Waals surface area contributed by atoms with Gasteiger partial charge in [-0.05, 0) is 19.3 Å². The Hall–Kier alpha value is -1.95. The van der Waals surface area contributed by atoms with E-state index in [-0.39, 0.29) is 0 Å². The number of carbonyl (C=O) groups is 1. The molecule has 0 bridgehead atoms. The second kappa shape index (κ2) is 7.08. The molecular weight excluding hydrogens is 308 g/mol. The summed E-state index contributed by atoms with van der Waals surface area (Å²) in [4.78, 5) is 20.8. The smallest absolute Gasteiger partial charge is 0.222 e. The Labute approximate surface area is 141 Å². The van der Waals surface area contributed by atoms with Crippen LogP contribution in [-0.2, 0) is 4.79 Å². The summed E-state index contributed by atoms with van der Waals surface area (Å²) in [6.07, 6.45) is 9.09. The number of aromatic nitrogens is 2. The molecule has 0 spiro atoms. The first-order chi connectivity index (χ1) is 11.2. The lowest BCUT2D eigenvalue weighted by Crippen LogP contribution is -2.45. The average molecular weight is 330 g/mol. The number of hydrogen-bond donors (Lipinski definition) is 0. The van der Waals surface area contributed by atoms with Crippen molar-refractivity contribution >= 4 is 28.1 Å². The van der Waals surface area contributed by atoms with Gasteiger partial charge < -0.3 is 9.80 Å². The zero-order valence-corrected chi connectivity index (χ0v) is 14.1. The number of anilines is 1. The zero-order chi connectivity index (χ0) is 16.2. The van der Waals surface area contributed by atoms with Crippen molar-refractivity contribution in [1.29, 1.82) is 0 Å². The van der Waals surface area contributed by atoms with Gasteiger partial charge in [0.25, 0.3) is 0 Å². The summed E-state index contributed by atoms with van der Waals surface area (Å²) in [6.45, 7) is 10.3. The molecule has 5 nitrogen and oxygen atoms in total. The summed E-state index contributed by atoms with van der Waals surface area (Å²) >= 11 is 1.42. The maximum Gasteiger partial charge on any atom is 0.222 e. The quantitative estimate of drug-likeness (QED) is 0.779. The Morgan fingerprint density at radius 3 is 2.65 bits per heavy atom. The monoisotopic (exact) mass is 330 g/mol. The van der Waals surface area contributed by atoms with Crippen LogP contribution in [0.2, 0.25) is 0 Å². The number of likely N-dealkylation sites (tertiary alicyclic amines) is 1. The summed E-state index contributed by atoms with van der Waals surface area (Å²) in [5, 5.41) is 0.947. The van der Waals surface area contributed by atoms with Crippen LogP contribution in [-0.4, -0.2) is 45.8 Å². The zero-order valence-electron chi connectivity index (χ0n) is 13.3. The van der Waals surface area contributed by atoms with Gasteiger partial charge in [0.15, 0.2) is 5.82 Å². The van der Waals surface area contributed by atoms with Crippen LogP contribution in [0.15, 0.2) is 31.4 Å². The molecule has 2 saturated heterocycles. The van der Waals surface area contributed by atoms with Crippen molar-refractivity contribution in [2.45, 2.75) is 31.7 Å². The molecular formula is C17H22N4OS. The predicted octanol–water partition coefficient (Wildman–Crippen LogP) is 2.88. The first kappa shape index (κ1) is 15.9. The summed E-state index contributed by atoms with van der Waals surface area (Å²) in [6, 6.07) is 0.401. The minimum atomic E-state index is 0.326. The molecule has 0 unspecified atom stereocenters. The number of piperidine rings is 1. The normalized spacial score (nSPS) is 20.2. The lowest BCUT2D eigenvalue weighted by molar-refractivity contribution is -0.130. The minimum absolute atomic E-state index is 0.326.